The number of fused-ring (bicyclic) bond motifs is 1. The van der Waals surface area contributed by atoms with E-state index < -0.39 is 10.8 Å². The van der Waals surface area contributed by atoms with Crippen molar-refractivity contribution in [2.45, 2.75) is 52.0 Å². The van der Waals surface area contributed by atoms with E-state index in [1.54, 1.807) is 24.1 Å². The average molecular weight is 475 g/mol. The summed E-state index contributed by atoms with van der Waals surface area (Å²) in [5.41, 5.74) is 4.70. The molecule has 0 aliphatic heterocycles. The van der Waals surface area contributed by atoms with Crippen LogP contribution in [-0.4, -0.2) is 33.4 Å². The number of aryl methyl sites for hydroxylation is 1. The van der Waals surface area contributed by atoms with Crippen molar-refractivity contribution in [2.24, 2.45) is 5.92 Å². The lowest BCUT2D eigenvalue weighted by Crippen LogP contribution is -2.35. The molecule has 1 aliphatic carbocycles. The molecule has 4 rings (SSSR count). The van der Waals surface area contributed by atoms with Crippen molar-refractivity contribution in [1.82, 2.24) is 9.78 Å². The van der Waals surface area contributed by atoms with Crippen molar-refractivity contribution in [3.8, 4) is 0 Å². The van der Waals surface area contributed by atoms with E-state index in [4.69, 9.17) is 0 Å². The highest BCUT2D eigenvalue weighted by Gasteiger charge is 2.28. The number of hydrogen-bond donors (Lipinski definition) is 0. The normalized spacial score (nSPS) is 13.7. The number of carbonyl (C=O) groups excluding carboxylic acids is 2. The van der Waals surface area contributed by atoms with Gasteiger partial charge in [0.2, 0.25) is 5.91 Å². The maximum absolute atomic E-state index is 13.5. The van der Waals surface area contributed by atoms with E-state index in [9.17, 15) is 19.7 Å². The van der Waals surface area contributed by atoms with Crippen LogP contribution in [0, 0.1) is 23.0 Å². The number of carbonyl (C=O) groups is 2. The number of para-hydroxylation sites is 1. The Morgan fingerprint density at radius 1 is 1.11 bits per heavy atom. The molecule has 8 heteroatoms. The van der Waals surface area contributed by atoms with Gasteiger partial charge in [0.25, 0.3) is 5.69 Å². The van der Waals surface area contributed by atoms with Crippen molar-refractivity contribution in [3.63, 3.8) is 0 Å². The number of ketones is 1. The van der Waals surface area contributed by atoms with Gasteiger partial charge in [0.15, 0.2) is 5.78 Å². The lowest BCUT2D eigenvalue weighted by Gasteiger charge is -2.24. The van der Waals surface area contributed by atoms with Crippen LogP contribution in [0.2, 0.25) is 0 Å². The summed E-state index contributed by atoms with van der Waals surface area (Å²) in [6.07, 6.45) is 4.40. The van der Waals surface area contributed by atoms with Crippen LogP contribution < -0.4 is 4.90 Å². The van der Waals surface area contributed by atoms with E-state index >= 15 is 0 Å². The number of non-ortho nitro benzene ring substituents is 1. The van der Waals surface area contributed by atoms with Crippen LogP contribution >= 0.6 is 0 Å². The Hall–Kier alpha value is -3.81. The number of nitrogens with zero attached hydrogens (tertiary/aromatic N) is 4. The number of aromatic nitrogens is 2. The average Bonchev–Trinajstić information content (AvgIpc) is 3.18. The largest absolute Gasteiger partial charge is 0.315 e. The molecular formula is C27H30N4O4. The summed E-state index contributed by atoms with van der Waals surface area (Å²) in [6, 6.07) is 15.5. The molecule has 1 aromatic heterocycles. The van der Waals surface area contributed by atoms with Crippen LogP contribution in [0.3, 0.4) is 0 Å². The molecule has 8 nitrogen and oxygen atoms in total. The summed E-state index contributed by atoms with van der Waals surface area (Å²) < 4.78 is 1.81. The molecule has 3 aromatic rings. The summed E-state index contributed by atoms with van der Waals surface area (Å²) in [5.74, 6) is -0.928. The third-order valence-corrected chi connectivity index (χ3v) is 6.68. The maximum atomic E-state index is 13.5. The van der Waals surface area contributed by atoms with Crippen molar-refractivity contribution < 1.29 is 14.5 Å². The molecule has 1 aliphatic rings. The summed E-state index contributed by atoms with van der Waals surface area (Å²) in [5, 5.41) is 15.8. The standard InChI is InChI=1S/C27H30N4O4/c1-19-25-13-6-7-14-26(25)30(28-19)18-24(32)17-21(15-20-9-8-12-23(16-20)31(34)35)27(33)29(2)22-10-4-3-5-11-22/h3-5,8-12,16,21H,6-7,13-15,17-18H2,1-2H3/t21-/m1/s1. The van der Waals surface area contributed by atoms with Crippen LogP contribution in [0.5, 0.6) is 0 Å². The van der Waals surface area contributed by atoms with Gasteiger partial charge in [-0.15, -0.1) is 0 Å². The SMILES string of the molecule is Cc1nn(CC(=O)C[C@@H](Cc2cccc([N+](=O)[O-])c2)C(=O)N(C)c2ccccc2)c2c1CCCC2. The zero-order chi connectivity index (χ0) is 24.9. The van der Waals surface area contributed by atoms with Crippen molar-refractivity contribution in [3.05, 3.63) is 87.2 Å². The molecule has 2 aromatic carbocycles. The fourth-order valence-electron chi connectivity index (χ4n) is 4.88. The highest BCUT2D eigenvalue weighted by Crippen LogP contribution is 2.26. The monoisotopic (exact) mass is 474 g/mol. The van der Waals surface area contributed by atoms with E-state index in [1.807, 2.05) is 41.9 Å². The summed E-state index contributed by atoms with van der Waals surface area (Å²) >= 11 is 0. The van der Waals surface area contributed by atoms with Crippen molar-refractivity contribution in [1.29, 1.82) is 0 Å². The predicted molar refractivity (Wildman–Crippen MR) is 133 cm³/mol. The lowest BCUT2D eigenvalue weighted by atomic mass is 9.92. The van der Waals surface area contributed by atoms with Crippen molar-refractivity contribution in [2.75, 3.05) is 11.9 Å². The Bertz CT molecular complexity index is 1240. The predicted octanol–water partition coefficient (Wildman–Crippen LogP) is 4.46. The number of nitro benzene ring substituents is 1. The Labute approximate surface area is 204 Å². The lowest BCUT2D eigenvalue weighted by molar-refractivity contribution is -0.384. The van der Waals surface area contributed by atoms with Gasteiger partial charge >= 0.3 is 0 Å². The van der Waals surface area contributed by atoms with Crippen LogP contribution in [0.1, 0.15) is 41.8 Å². The van der Waals surface area contributed by atoms with E-state index in [1.165, 1.54) is 17.7 Å². The second-order valence-electron chi connectivity index (χ2n) is 9.18. The maximum Gasteiger partial charge on any atom is 0.269 e. The van der Waals surface area contributed by atoms with E-state index in [0.29, 0.717) is 5.56 Å². The van der Waals surface area contributed by atoms with Crippen LogP contribution in [0.25, 0.3) is 0 Å². The molecule has 1 heterocycles. The Balaban J connectivity index is 1.56. The van der Waals surface area contributed by atoms with Gasteiger partial charge in [-0.2, -0.15) is 5.10 Å². The number of hydrogen-bond acceptors (Lipinski definition) is 5. The van der Waals surface area contributed by atoms with Crippen LogP contribution in [-0.2, 0) is 35.4 Å². The number of benzene rings is 2. The van der Waals surface area contributed by atoms with E-state index in [2.05, 4.69) is 5.10 Å². The molecule has 0 bridgehead atoms. The topological polar surface area (TPSA) is 98.3 Å². The molecule has 1 amide bonds. The minimum atomic E-state index is -0.651. The zero-order valence-electron chi connectivity index (χ0n) is 20.1. The van der Waals surface area contributed by atoms with Gasteiger partial charge in [0, 0.05) is 42.9 Å². The second-order valence-corrected chi connectivity index (χ2v) is 9.18. The number of Topliss-reactive ketones (excluding diaryl/α,β-unsaturated/α-hetero) is 1. The molecular weight excluding hydrogens is 444 g/mol. The molecule has 0 saturated heterocycles. The molecule has 182 valence electrons. The molecule has 0 spiro atoms. The van der Waals surface area contributed by atoms with E-state index in [0.717, 1.165) is 42.8 Å². The third kappa shape index (κ3) is 5.65. The molecule has 35 heavy (non-hydrogen) atoms. The highest BCUT2D eigenvalue weighted by molar-refractivity contribution is 5.97. The fourth-order valence-corrected chi connectivity index (χ4v) is 4.88. The molecule has 0 fully saturated rings. The quantitative estimate of drug-likeness (QED) is 0.337. The molecule has 1 atom stereocenters. The fraction of sp³-hybridized carbons (Fsp3) is 0.370. The first-order valence-corrected chi connectivity index (χ1v) is 12.0. The first kappa shape index (κ1) is 24.3. The minimum absolute atomic E-state index is 0.0323. The van der Waals surface area contributed by atoms with Crippen LogP contribution in [0.4, 0.5) is 11.4 Å². The van der Waals surface area contributed by atoms with Gasteiger partial charge < -0.3 is 4.90 Å². The summed E-state index contributed by atoms with van der Waals surface area (Å²) in [7, 11) is 1.69. The smallest absolute Gasteiger partial charge is 0.269 e. The van der Waals surface area contributed by atoms with Crippen molar-refractivity contribution >= 4 is 23.1 Å². The van der Waals surface area contributed by atoms with Gasteiger partial charge in [0.05, 0.1) is 17.2 Å². The van der Waals surface area contributed by atoms with Gasteiger partial charge in [-0.05, 0) is 62.3 Å². The number of nitro groups is 1. The number of amides is 1. The summed E-state index contributed by atoms with van der Waals surface area (Å²) in [4.78, 5) is 39.0. The zero-order valence-corrected chi connectivity index (χ0v) is 20.1. The Morgan fingerprint density at radius 2 is 1.86 bits per heavy atom. The first-order valence-electron chi connectivity index (χ1n) is 12.0. The molecule has 0 radical (unpaired) electrons. The highest BCUT2D eigenvalue weighted by atomic mass is 16.6. The Kier molecular flexibility index (Phi) is 7.39. The molecule has 0 N–H and O–H groups in total. The second kappa shape index (κ2) is 10.6. The van der Waals surface area contributed by atoms with E-state index in [-0.39, 0.29) is 36.8 Å². The number of anilines is 1. The van der Waals surface area contributed by atoms with Gasteiger partial charge in [-0.1, -0.05) is 30.3 Å². The Morgan fingerprint density at radius 3 is 2.60 bits per heavy atom. The molecule has 0 unspecified atom stereocenters. The van der Waals surface area contributed by atoms with Gasteiger partial charge in [-0.25, -0.2) is 0 Å². The third-order valence-electron chi connectivity index (χ3n) is 6.68. The minimum Gasteiger partial charge on any atom is -0.315 e. The van der Waals surface area contributed by atoms with Gasteiger partial charge in [0.1, 0.15) is 0 Å². The first-order chi connectivity index (χ1) is 16.8. The molecule has 0 saturated carbocycles. The van der Waals surface area contributed by atoms with Gasteiger partial charge in [-0.3, -0.25) is 24.4 Å². The summed E-state index contributed by atoms with van der Waals surface area (Å²) in [6.45, 7) is 2.11. The van der Waals surface area contributed by atoms with Crippen LogP contribution in [0.15, 0.2) is 54.6 Å². The number of rotatable bonds is 9.